The summed E-state index contributed by atoms with van der Waals surface area (Å²) < 4.78 is 0. The van der Waals surface area contributed by atoms with Crippen LogP contribution in [0.4, 0.5) is 16.2 Å². The maximum absolute atomic E-state index is 12.1. The van der Waals surface area contributed by atoms with Gasteiger partial charge in [-0.1, -0.05) is 42.5 Å². The third-order valence-electron chi connectivity index (χ3n) is 4.55. The second-order valence-electron chi connectivity index (χ2n) is 6.77. The molecule has 4 N–H and O–H groups in total. The van der Waals surface area contributed by atoms with Gasteiger partial charge in [0.15, 0.2) is 0 Å². The van der Waals surface area contributed by atoms with Gasteiger partial charge >= 0.3 is 6.09 Å². The number of aliphatic hydroxyl groups is 1. The number of pyridine rings is 1. The molecule has 1 heterocycles. The lowest BCUT2D eigenvalue weighted by Crippen LogP contribution is -2.12. The Morgan fingerprint density at radius 1 is 0.967 bits per heavy atom. The summed E-state index contributed by atoms with van der Waals surface area (Å²) in [4.78, 5) is 27.4. The zero-order chi connectivity index (χ0) is 21.3. The van der Waals surface area contributed by atoms with E-state index < -0.39 is 6.09 Å². The zero-order valence-electron chi connectivity index (χ0n) is 16.3. The second-order valence-corrected chi connectivity index (χ2v) is 6.77. The number of hydrogen-bond acceptors (Lipinski definition) is 4. The van der Waals surface area contributed by atoms with Crippen molar-refractivity contribution in [3.05, 3.63) is 78.1 Å². The van der Waals surface area contributed by atoms with Gasteiger partial charge < -0.3 is 15.5 Å². The van der Waals surface area contributed by atoms with Crippen molar-refractivity contribution >= 4 is 23.4 Å². The fourth-order valence-corrected chi connectivity index (χ4v) is 3.10. The number of carbonyl (C=O) groups excluding carboxylic acids is 1. The molecule has 0 atom stereocenters. The van der Waals surface area contributed by atoms with Gasteiger partial charge in [0.25, 0.3) is 0 Å². The summed E-state index contributed by atoms with van der Waals surface area (Å²) in [5, 5.41) is 23.4. The molecular weight excluding hydrogens is 382 g/mol. The van der Waals surface area contributed by atoms with Crippen molar-refractivity contribution in [3.8, 4) is 11.1 Å². The molecule has 0 saturated heterocycles. The van der Waals surface area contributed by atoms with Crippen molar-refractivity contribution in [2.45, 2.75) is 25.9 Å². The number of aryl methyl sites for hydroxylation is 1. The minimum atomic E-state index is -1.12. The maximum Gasteiger partial charge on any atom is 0.409 e. The van der Waals surface area contributed by atoms with Crippen LogP contribution in [-0.2, 0) is 17.8 Å². The molecule has 7 heteroatoms. The molecule has 0 radical (unpaired) electrons. The second kappa shape index (κ2) is 10.2. The van der Waals surface area contributed by atoms with E-state index in [9.17, 15) is 9.59 Å². The van der Waals surface area contributed by atoms with Gasteiger partial charge in [-0.15, -0.1) is 0 Å². The quantitative estimate of drug-likeness (QED) is 0.447. The largest absolute Gasteiger partial charge is 0.465 e. The molecule has 0 aliphatic rings. The molecular formula is C23H23N3O4. The van der Waals surface area contributed by atoms with E-state index in [-0.39, 0.29) is 12.5 Å². The summed E-state index contributed by atoms with van der Waals surface area (Å²) in [6.45, 7) is -0.143. The Labute approximate surface area is 174 Å². The summed E-state index contributed by atoms with van der Waals surface area (Å²) in [6.07, 6.45) is 1.97. The highest BCUT2D eigenvalue weighted by Gasteiger charge is 2.10. The summed E-state index contributed by atoms with van der Waals surface area (Å²) in [7, 11) is 0. The zero-order valence-corrected chi connectivity index (χ0v) is 16.3. The average Bonchev–Trinajstić information content (AvgIpc) is 2.75. The first-order chi connectivity index (χ1) is 14.5. The number of aromatic nitrogens is 1. The van der Waals surface area contributed by atoms with Crippen molar-refractivity contribution in [3.63, 3.8) is 0 Å². The Morgan fingerprint density at radius 3 is 2.43 bits per heavy atom. The monoisotopic (exact) mass is 405 g/mol. The first-order valence-corrected chi connectivity index (χ1v) is 9.59. The minimum Gasteiger partial charge on any atom is -0.465 e. The fraction of sp³-hybridized carbons (Fsp3) is 0.174. The Hall–Kier alpha value is -3.71. The van der Waals surface area contributed by atoms with E-state index in [1.807, 2.05) is 48.5 Å². The Kier molecular flexibility index (Phi) is 7.13. The summed E-state index contributed by atoms with van der Waals surface area (Å²) in [6, 6.07) is 18.6. The van der Waals surface area contributed by atoms with Crippen molar-refractivity contribution in [1.29, 1.82) is 0 Å². The molecule has 0 fully saturated rings. The average molecular weight is 405 g/mol. The van der Waals surface area contributed by atoms with Crippen molar-refractivity contribution in [2.75, 3.05) is 10.6 Å². The van der Waals surface area contributed by atoms with Crippen LogP contribution >= 0.6 is 0 Å². The van der Waals surface area contributed by atoms with Crippen LogP contribution in [-0.4, -0.2) is 27.2 Å². The molecule has 0 unspecified atom stereocenters. The molecule has 3 rings (SSSR count). The third-order valence-corrected chi connectivity index (χ3v) is 4.55. The Morgan fingerprint density at radius 2 is 1.77 bits per heavy atom. The number of hydrogen-bond donors (Lipinski definition) is 4. The van der Waals surface area contributed by atoms with Crippen molar-refractivity contribution in [1.82, 2.24) is 4.98 Å². The SMILES string of the molecule is O=C(O)Nc1cc(CCCC(=O)Nc2ccc(CO)nc2)ccc1-c1ccccc1. The molecule has 0 aliphatic heterocycles. The number of benzene rings is 2. The van der Waals surface area contributed by atoms with Crippen LogP contribution in [0, 0.1) is 0 Å². The normalized spacial score (nSPS) is 10.4. The number of carboxylic acid groups (broad SMARTS) is 1. The predicted molar refractivity (Wildman–Crippen MR) is 115 cm³/mol. The lowest BCUT2D eigenvalue weighted by Gasteiger charge is -2.12. The van der Waals surface area contributed by atoms with Crippen molar-refractivity contribution < 1.29 is 19.8 Å². The number of nitrogens with one attached hydrogen (secondary N) is 2. The third kappa shape index (κ3) is 5.89. The van der Waals surface area contributed by atoms with Gasteiger partial charge in [-0.05, 0) is 42.2 Å². The van der Waals surface area contributed by atoms with Gasteiger partial charge in [-0.25, -0.2) is 4.79 Å². The van der Waals surface area contributed by atoms with E-state index in [4.69, 9.17) is 10.2 Å². The van der Waals surface area contributed by atoms with E-state index in [0.717, 1.165) is 16.7 Å². The number of nitrogens with zero attached hydrogens (tertiary/aromatic N) is 1. The number of amides is 2. The molecule has 30 heavy (non-hydrogen) atoms. The summed E-state index contributed by atoms with van der Waals surface area (Å²) in [5.41, 5.74) is 4.31. The topological polar surface area (TPSA) is 112 Å². The number of anilines is 2. The van der Waals surface area contributed by atoms with Gasteiger partial charge in [0.2, 0.25) is 5.91 Å². The molecule has 1 aromatic heterocycles. The minimum absolute atomic E-state index is 0.127. The van der Waals surface area contributed by atoms with E-state index in [1.165, 1.54) is 6.20 Å². The van der Waals surface area contributed by atoms with E-state index >= 15 is 0 Å². The first kappa shape index (κ1) is 21.0. The molecule has 0 saturated carbocycles. The number of rotatable bonds is 8. The van der Waals surface area contributed by atoms with Gasteiger partial charge in [0, 0.05) is 12.0 Å². The van der Waals surface area contributed by atoms with Crippen LogP contribution in [0.15, 0.2) is 66.9 Å². The first-order valence-electron chi connectivity index (χ1n) is 9.59. The highest BCUT2D eigenvalue weighted by molar-refractivity contribution is 5.91. The van der Waals surface area contributed by atoms with Gasteiger partial charge in [-0.2, -0.15) is 0 Å². The molecule has 0 aliphatic carbocycles. The summed E-state index contributed by atoms with van der Waals surface area (Å²) in [5.74, 6) is -0.127. The van der Waals surface area contributed by atoms with Crippen LogP contribution in [0.2, 0.25) is 0 Å². The van der Waals surface area contributed by atoms with Crippen LogP contribution in [0.3, 0.4) is 0 Å². The van der Waals surface area contributed by atoms with Gasteiger partial charge in [0.1, 0.15) is 0 Å². The molecule has 0 spiro atoms. The molecule has 0 bridgehead atoms. The van der Waals surface area contributed by atoms with E-state index in [2.05, 4.69) is 15.6 Å². The van der Waals surface area contributed by atoms with Gasteiger partial charge in [-0.3, -0.25) is 15.1 Å². The Bertz CT molecular complexity index is 1000. The fourth-order valence-electron chi connectivity index (χ4n) is 3.10. The van der Waals surface area contributed by atoms with E-state index in [1.54, 1.807) is 12.1 Å². The molecule has 7 nitrogen and oxygen atoms in total. The smallest absolute Gasteiger partial charge is 0.409 e. The van der Waals surface area contributed by atoms with Crippen LogP contribution < -0.4 is 10.6 Å². The lowest BCUT2D eigenvalue weighted by molar-refractivity contribution is -0.116. The van der Waals surface area contributed by atoms with Crippen LogP contribution in [0.5, 0.6) is 0 Å². The Balaban J connectivity index is 1.60. The highest BCUT2D eigenvalue weighted by atomic mass is 16.4. The molecule has 2 amide bonds. The maximum atomic E-state index is 12.1. The molecule has 3 aromatic rings. The lowest BCUT2D eigenvalue weighted by atomic mass is 9.99. The van der Waals surface area contributed by atoms with Crippen LogP contribution in [0.25, 0.3) is 11.1 Å². The standard InChI is InChI=1S/C23H23N3O4/c27-15-19-11-10-18(14-24-19)25-22(28)8-4-5-16-9-12-20(17-6-2-1-3-7-17)21(13-16)26-23(29)30/h1-3,6-7,9-14,26-27H,4-5,8,15H2,(H,25,28)(H,29,30). The van der Waals surface area contributed by atoms with Crippen molar-refractivity contribution in [2.24, 2.45) is 0 Å². The summed E-state index contributed by atoms with van der Waals surface area (Å²) >= 11 is 0. The molecule has 154 valence electrons. The number of aliphatic hydroxyl groups excluding tert-OH is 1. The van der Waals surface area contributed by atoms with E-state index in [0.29, 0.717) is 36.3 Å². The molecule has 2 aromatic carbocycles. The number of carbonyl (C=O) groups is 2. The highest BCUT2D eigenvalue weighted by Crippen LogP contribution is 2.29. The van der Waals surface area contributed by atoms with Crippen LogP contribution in [0.1, 0.15) is 24.1 Å². The predicted octanol–water partition coefficient (Wildman–Crippen LogP) is 4.29. The van der Waals surface area contributed by atoms with Gasteiger partial charge in [0.05, 0.1) is 29.9 Å².